The van der Waals surface area contributed by atoms with Crippen molar-refractivity contribution in [2.24, 2.45) is 0 Å². The highest BCUT2D eigenvalue weighted by Gasteiger charge is 2.29. The third kappa shape index (κ3) is 3.33. The maximum Gasteiger partial charge on any atom is 0.371 e. The van der Waals surface area contributed by atoms with Gasteiger partial charge in [-0.05, 0) is 25.0 Å². The second kappa shape index (κ2) is 5.22. The molecule has 0 bridgehead atoms. The fraction of sp³-hybridized carbons (Fsp3) is 0.500. The molecule has 1 aromatic rings. The smallest absolute Gasteiger partial charge is 0.371 e. The lowest BCUT2D eigenvalue weighted by molar-refractivity contribution is -0.137. The minimum atomic E-state index is -1.09. The summed E-state index contributed by atoms with van der Waals surface area (Å²) < 4.78 is 5.17. The second-order valence-electron chi connectivity index (χ2n) is 4.42. The largest absolute Gasteiger partial charge is 0.481 e. The maximum absolute atomic E-state index is 10.7. The third-order valence-electron chi connectivity index (χ3n) is 2.91. The van der Waals surface area contributed by atoms with Crippen molar-refractivity contribution >= 4 is 11.9 Å². The van der Waals surface area contributed by atoms with Crippen molar-refractivity contribution < 1.29 is 24.2 Å². The molecule has 0 atom stereocenters. The molecule has 0 radical (unpaired) electrons. The van der Waals surface area contributed by atoms with Gasteiger partial charge in [0.2, 0.25) is 5.76 Å². The number of furan rings is 1. The molecule has 0 saturated heterocycles. The Hall–Kier alpha value is -1.82. The van der Waals surface area contributed by atoms with E-state index in [1.807, 2.05) is 4.90 Å². The van der Waals surface area contributed by atoms with E-state index in [9.17, 15) is 9.59 Å². The average Bonchev–Trinajstić information content (AvgIpc) is 3.03. The first-order valence-electron chi connectivity index (χ1n) is 5.84. The number of nitrogens with zero attached hydrogens (tertiary/aromatic N) is 1. The van der Waals surface area contributed by atoms with Crippen LogP contribution in [0.3, 0.4) is 0 Å². The molecular formula is C12H15NO5. The monoisotopic (exact) mass is 253 g/mol. The SMILES string of the molecule is O=C(O)CCN(Cc1ccc(C(=O)O)o1)C1CC1. The minimum absolute atomic E-state index is 0.0843. The number of hydrogen-bond acceptors (Lipinski definition) is 4. The molecule has 0 amide bonds. The first-order chi connectivity index (χ1) is 8.56. The van der Waals surface area contributed by atoms with Crippen LogP contribution < -0.4 is 0 Å². The van der Waals surface area contributed by atoms with E-state index in [-0.39, 0.29) is 12.2 Å². The first kappa shape index (κ1) is 12.6. The predicted octanol–water partition coefficient (Wildman–Crippen LogP) is 1.42. The van der Waals surface area contributed by atoms with Gasteiger partial charge in [-0.3, -0.25) is 9.69 Å². The van der Waals surface area contributed by atoms with Crippen molar-refractivity contribution in [3.05, 3.63) is 23.7 Å². The van der Waals surface area contributed by atoms with Crippen LogP contribution in [0.2, 0.25) is 0 Å². The zero-order valence-corrected chi connectivity index (χ0v) is 9.83. The van der Waals surface area contributed by atoms with Crippen molar-refractivity contribution in [1.82, 2.24) is 4.90 Å². The molecule has 1 saturated carbocycles. The molecule has 2 N–H and O–H groups in total. The molecule has 98 valence electrons. The van der Waals surface area contributed by atoms with Crippen molar-refractivity contribution in [3.63, 3.8) is 0 Å². The molecule has 18 heavy (non-hydrogen) atoms. The number of aliphatic carboxylic acids is 1. The van der Waals surface area contributed by atoms with Gasteiger partial charge in [-0.15, -0.1) is 0 Å². The Bertz CT molecular complexity index is 449. The van der Waals surface area contributed by atoms with Crippen molar-refractivity contribution in [2.75, 3.05) is 6.54 Å². The number of rotatable bonds is 7. The summed E-state index contributed by atoms with van der Waals surface area (Å²) in [6, 6.07) is 3.45. The Morgan fingerprint density at radius 3 is 2.56 bits per heavy atom. The average molecular weight is 253 g/mol. The maximum atomic E-state index is 10.7. The molecule has 0 aromatic carbocycles. The summed E-state index contributed by atoms with van der Waals surface area (Å²) in [6.07, 6.45) is 2.21. The molecule has 0 spiro atoms. The zero-order valence-electron chi connectivity index (χ0n) is 9.83. The van der Waals surface area contributed by atoms with Crippen molar-refractivity contribution in [1.29, 1.82) is 0 Å². The van der Waals surface area contributed by atoms with Crippen LogP contribution >= 0.6 is 0 Å². The molecule has 6 heteroatoms. The highest BCUT2D eigenvalue weighted by atomic mass is 16.4. The Kier molecular flexibility index (Phi) is 3.66. The summed E-state index contributed by atoms with van der Waals surface area (Å²) in [5, 5.41) is 17.4. The lowest BCUT2D eigenvalue weighted by atomic mass is 10.3. The molecule has 1 heterocycles. The van der Waals surface area contributed by atoms with Gasteiger partial charge in [0.1, 0.15) is 5.76 Å². The van der Waals surface area contributed by atoms with Crippen LogP contribution in [0.1, 0.15) is 35.6 Å². The minimum Gasteiger partial charge on any atom is -0.481 e. The summed E-state index contributed by atoms with van der Waals surface area (Å²) in [5.41, 5.74) is 0. The molecule has 1 fully saturated rings. The predicted molar refractivity (Wildman–Crippen MR) is 61.4 cm³/mol. The standard InChI is InChI=1S/C12H15NO5/c14-11(15)5-6-13(8-1-2-8)7-9-3-4-10(18-9)12(16)17/h3-4,8H,1-2,5-7H2,(H,14,15)(H,16,17). The summed E-state index contributed by atoms with van der Waals surface area (Å²) in [5.74, 6) is -1.44. The number of carboxylic acid groups (broad SMARTS) is 2. The van der Waals surface area contributed by atoms with Crippen LogP contribution in [-0.2, 0) is 11.3 Å². The van der Waals surface area contributed by atoms with Gasteiger partial charge in [-0.1, -0.05) is 0 Å². The van der Waals surface area contributed by atoms with Gasteiger partial charge < -0.3 is 14.6 Å². The Morgan fingerprint density at radius 1 is 1.33 bits per heavy atom. The van der Waals surface area contributed by atoms with Gasteiger partial charge in [0.25, 0.3) is 0 Å². The van der Waals surface area contributed by atoms with Crippen LogP contribution in [0.4, 0.5) is 0 Å². The van der Waals surface area contributed by atoms with E-state index in [1.165, 1.54) is 6.07 Å². The molecule has 2 rings (SSSR count). The van der Waals surface area contributed by atoms with Gasteiger partial charge in [0, 0.05) is 12.6 Å². The molecule has 1 aliphatic rings. The Balaban J connectivity index is 1.94. The Morgan fingerprint density at radius 2 is 2.06 bits per heavy atom. The number of carbonyl (C=O) groups is 2. The van der Waals surface area contributed by atoms with Crippen LogP contribution in [0.25, 0.3) is 0 Å². The van der Waals surface area contributed by atoms with E-state index in [0.29, 0.717) is 24.9 Å². The van der Waals surface area contributed by atoms with E-state index in [4.69, 9.17) is 14.6 Å². The van der Waals surface area contributed by atoms with Crippen molar-refractivity contribution in [2.45, 2.75) is 31.8 Å². The molecular weight excluding hydrogens is 238 g/mol. The Labute approximate surface area is 104 Å². The number of carboxylic acids is 2. The van der Waals surface area contributed by atoms with Crippen LogP contribution in [0.5, 0.6) is 0 Å². The van der Waals surface area contributed by atoms with E-state index in [0.717, 1.165) is 12.8 Å². The van der Waals surface area contributed by atoms with Gasteiger partial charge in [0.15, 0.2) is 0 Å². The van der Waals surface area contributed by atoms with E-state index in [1.54, 1.807) is 6.07 Å². The lowest BCUT2D eigenvalue weighted by Crippen LogP contribution is -2.28. The normalized spacial score (nSPS) is 14.9. The van der Waals surface area contributed by atoms with Crippen LogP contribution in [-0.4, -0.2) is 39.6 Å². The number of aromatic carboxylic acids is 1. The summed E-state index contributed by atoms with van der Waals surface area (Å²) in [7, 11) is 0. The van der Waals surface area contributed by atoms with Crippen LogP contribution in [0.15, 0.2) is 16.5 Å². The van der Waals surface area contributed by atoms with E-state index >= 15 is 0 Å². The van der Waals surface area contributed by atoms with E-state index < -0.39 is 11.9 Å². The van der Waals surface area contributed by atoms with Crippen molar-refractivity contribution in [3.8, 4) is 0 Å². The lowest BCUT2D eigenvalue weighted by Gasteiger charge is -2.19. The zero-order chi connectivity index (χ0) is 13.1. The first-order valence-corrected chi connectivity index (χ1v) is 5.84. The fourth-order valence-electron chi connectivity index (χ4n) is 1.85. The molecule has 6 nitrogen and oxygen atoms in total. The summed E-state index contributed by atoms with van der Waals surface area (Å²) in [6.45, 7) is 0.925. The number of hydrogen-bond donors (Lipinski definition) is 2. The third-order valence-corrected chi connectivity index (χ3v) is 2.91. The second-order valence-corrected chi connectivity index (χ2v) is 4.42. The topological polar surface area (TPSA) is 91.0 Å². The molecule has 1 aliphatic carbocycles. The molecule has 1 aromatic heterocycles. The highest BCUT2D eigenvalue weighted by Crippen LogP contribution is 2.28. The summed E-state index contributed by atoms with van der Waals surface area (Å²) in [4.78, 5) is 23.3. The van der Waals surface area contributed by atoms with Gasteiger partial charge in [-0.25, -0.2) is 4.79 Å². The quantitative estimate of drug-likeness (QED) is 0.763. The highest BCUT2D eigenvalue weighted by molar-refractivity contribution is 5.84. The van der Waals surface area contributed by atoms with E-state index in [2.05, 4.69) is 0 Å². The molecule has 0 aliphatic heterocycles. The fourth-order valence-corrected chi connectivity index (χ4v) is 1.85. The molecule has 0 unspecified atom stereocenters. The van der Waals surface area contributed by atoms with Gasteiger partial charge in [0.05, 0.1) is 13.0 Å². The van der Waals surface area contributed by atoms with Gasteiger partial charge in [-0.2, -0.15) is 0 Å². The van der Waals surface area contributed by atoms with Gasteiger partial charge >= 0.3 is 11.9 Å². The summed E-state index contributed by atoms with van der Waals surface area (Å²) >= 11 is 0. The van der Waals surface area contributed by atoms with Crippen LogP contribution in [0, 0.1) is 0 Å².